The van der Waals surface area contributed by atoms with Gasteiger partial charge in [0, 0.05) is 23.5 Å². The van der Waals surface area contributed by atoms with Gasteiger partial charge in [-0.2, -0.15) is 0 Å². The van der Waals surface area contributed by atoms with Crippen LogP contribution in [0.2, 0.25) is 0 Å². The quantitative estimate of drug-likeness (QED) is 0.152. The van der Waals surface area contributed by atoms with Crippen molar-refractivity contribution in [3.8, 4) is 67.0 Å². The van der Waals surface area contributed by atoms with Crippen LogP contribution in [0.4, 0.5) is 0 Å². The highest BCUT2D eigenvalue weighted by Gasteiger charge is 2.22. The van der Waals surface area contributed by atoms with Gasteiger partial charge in [0.05, 0.1) is 11.4 Å². The van der Waals surface area contributed by atoms with Gasteiger partial charge in [-0.3, -0.25) is 9.97 Å². The van der Waals surface area contributed by atoms with Crippen molar-refractivity contribution in [2.45, 2.75) is 66.7 Å². The summed E-state index contributed by atoms with van der Waals surface area (Å²) in [5, 5.41) is 0. The number of rotatable bonds is 9. The molecule has 0 saturated carbocycles. The predicted molar refractivity (Wildman–Crippen MR) is 222 cm³/mol. The molecule has 2 heterocycles. The lowest BCUT2D eigenvalue weighted by Crippen LogP contribution is -2.16. The van der Waals surface area contributed by atoms with Crippen molar-refractivity contribution in [1.29, 1.82) is 0 Å². The molecule has 7 aromatic rings. The number of pyridine rings is 2. The van der Waals surface area contributed by atoms with Gasteiger partial charge in [-0.1, -0.05) is 130 Å². The highest BCUT2D eigenvalue weighted by atomic mass is 14.7. The van der Waals surface area contributed by atoms with E-state index in [1.165, 1.54) is 72.3 Å². The number of nitrogens with zero attached hydrogens (tertiary/aromatic N) is 2. The molecule has 0 aliphatic rings. The summed E-state index contributed by atoms with van der Waals surface area (Å²) in [7, 11) is 0. The molecule has 0 amide bonds. The zero-order chi connectivity index (χ0) is 36.4. The van der Waals surface area contributed by atoms with Gasteiger partial charge in [-0.25, -0.2) is 0 Å². The summed E-state index contributed by atoms with van der Waals surface area (Å²) in [4.78, 5) is 9.31. The third-order valence-electron chi connectivity index (χ3n) is 11.1. The highest BCUT2D eigenvalue weighted by molar-refractivity contribution is 5.93. The maximum atomic E-state index is 4.77. The van der Waals surface area contributed by atoms with Gasteiger partial charge in [-0.15, -0.1) is 0 Å². The van der Waals surface area contributed by atoms with Crippen molar-refractivity contribution in [2.24, 2.45) is 0 Å². The molecule has 7 rings (SSSR count). The van der Waals surface area contributed by atoms with E-state index in [4.69, 9.17) is 4.98 Å². The molecule has 0 unspecified atom stereocenters. The average Bonchev–Trinajstić information content (AvgIpc) is 3.18. The molecule has 0 N–H and O–H groups in total. The van der Waals surface area contributed by atoms with E-state index >= 15 is 0 Å². The molecule has 0 aliphatic heterocycles. The van der Waals surface area contributed by atoms with Crippen LogP contribution in [0.15, 0.2) is 140 Å². The van der Waals surface area contributed by atoms with E-state index in [1.54, 1.807) is 0 Å². The molecule has 0 aliphatic carbocycles. The Morgan fingerprint density at radius 1 is 0.442 bits per heavy atom. The van der Waals surface area contributed by atoms with E-state index in [9.17, 15) is 0 Å². The third-order valence-corrected chi connectivity index (χ3v) is 11.1. The number of hydrogen-bond acceptors (Lipinski definition) is 2. The van der Waals surface area contributed by atoms with Gasteiger partial charge in [0.15, 0.2) is 0 Å². The minimum atomic E-state index is 0.126. The van der Waals surface area contributed by atoms with Gasteiger partial charge in [0.1, 0.15) is 0 Å². The van der Waals surface area contributed by atoms with E-state index < -0.39 is 0 Å². The first-order chi connectivity index (χ1) is 25.2. The van der Waals surface area contributed by atoms with Crippen LogP contribution < -0.4 is 0 Å². The van der Waals surface area contributed by atoms with Gasteiger partial charge in [0.25, 0.3) is 0 Å². The Balaban J connectivity index is 1.26. The summed E-state index contributed by atoms with van der Waals surface area (Å²) < 4.78 is 0. The Kier molecular flexibility index (Phi) is 9.75. The molecule has 0 fully saturated rings. The monoisotopic (exact) mass is 676 g/mol. The molecule has 0 spiro atoms. The van der Waals surface area contributed by atoms with Crippen molar-refractivity contribution >= 4 is 0 Å². The SMILES string of the molecule is CCCC(C)(C)c1ccnc(-c2ccc(-c3ccccc3-c3c(C)c(C)c(-c4ccccc4-c4ccc(-c5ccccn5)cc4)c(C)c3C)cc2)c1. The number of hydrogen-bond donors (Lipinski definition) is 0. The molecule has 2 nitrogen and oxygen atoms in total. The normalized spacial score (nSPS) is 11.5. The Hall–Kier alpha value is -5.60. The molecule has 0 bridgehead atoms. The van der Waals surface area contributed by atoms with E-state index in [-0.39, 0.29) is 5.41 Å². The fraction of sp³-hybridized carbons (Fsp3) is 0.200. The molecule has 52 heavy (non-hydrogen) atoms. The largest absolute Gasteiger partial charge is 0.256 e. The van der Waals surface area contributed by atoms with Crippen LogP contribution in [0.3, 0.4) is 0 Å². The van der Waals surface area contributed by atoms with Crippen LogP contribution in [0.5, 0.6) is 0 Å². The van der Waals surface area contributed by atoms with E-state index in [0.29, 0.717) is 0 Å². The molecule has 0 radical (unpaired) electrons. The van der Waals surface area contributed by atoms with Gasteiger partial charge in [-0.05, 0) is 136 Å². The first-order valence-corrected chi connectivity index (χ1v) is 18.6. The molecular formula is C50H48N2. The number of benzene rings is 5. The lowest BCUT2D eigenvalue weighted by atomic mass is 9.80. The first-order valence-electron chi connectivity index (χ1n) is 18.6. The van der Waals surface area contributed by atoms with Crippen LogP contribution in [-0.2, 0) is 5.41 Å². The van der Waals surface area contributed by atoms with Crippen LogP contribution >= 0.6 is 0 Å². The van der Waals surface area contributed by atoms with E-state index in [2.05, 4.69) is 169 Å². The summed E-state index contributed by atoms with van der Waals surface area (Å²) in [5.41, 5.74) is 21.1. The molecular weight excluding hydrogens is 629 g/mol. The van der Waals surface area contributed by atoms with Crippen molar-refractivity contribution in [1.82, 2.24) is 9.97 Å². The third kappa shape index (κ3) is 6.62. The van der Waals surface area contributed by atoms with Gasteiger partial charge >= 0.3 is 0 Å². The highest BCUT2D eigenvalue weighted by Crippen LogP contribution is 2.45. The van der Waals surface area contributed by atoms with Crippen LogP contribution in [0, 0.1) is 27.7 Å². The van der Waals surface area contributed by atoms with E-state index in [1.807, 2.05) is 24.5 Å². The summed E-state index contributed by atoms with van der Waals surface area (Å²) in [5.74, 6) is 0. The molecule has 0 atom stereocenters. The van der Waals surface area contributed by atoms with Crippen LogP contribution in [0.25, 0.3) is 67.0 Å². The standard InChI is InChI=1S/C50H48N2/c1-8-29-50(6,7)41-28-31-52-47(32-41)40-26-22-38(23-27-40)43-16-10-12-18-45(43)49-35(4)33(2)48(34(3)36(49)5)44-17-11-9-15-42(44)37-20-24-39(25-21-37)46-19-13-14-30-51-46/h9-28,30-32H,8,29H2,1-7H3. The Morgan fingerprint density at radius 3 is 1.33 bits per heavy atom. The predicted octanol–water partition coefficient (Wildman–Crippen LogP) is 13.8. The van der Waals surface area contributed by atoms with Gasteiger partial charge in [0.2, 0.25) is 0 Å². The lowest BCUT2D eigenvalue weighted by molar-refractivity contribution is 0.473. The van der Waals surface area contributed by atoms with Crippen LogP contribution in [-0.4, -0.2) is 9.97 Å². The maximum Gasteiger partial charge on any atom is 0.0704 e. The van der Waals surface area contributed by atoms with Crippen molar-refractivity contribution in [3.05, 3.63) is 168 Å². The molecule has 0 saturated heterocycles. The second-order valence-electron chi connectivity index (χ2n) is 14.8. The number of aromatic nitrogens is 2. The first kappa shape index (κ1) is 34.8. The lowest BCUT2D eigenvalue weighted by Gasteiger charge is -2.25. The summed E-state index contributed by atoms with van der Waals surface area (Å²) in [6.45, 7) is 16.1. The average molecular weight is 677 g/mol. The zero-order valence-electron chi connectivity index (χ0n) is 31.6. The Labute approximate surface area is 310 Å². The minimum Gasteiger partial charge on any atom is -0.256 e. The van der Waals surface area contributed by atoms with Gasteiger partial charge < -0.3 is 0 Å². The minimum absolute atomic E-state index is 0.126. The van der Waals surface area contributed by atoms with Crippen molar-refractivity contribution < 1.29 is 0 Å². The second-order valence-corrected chi connectivity index (χ2v) is 14.8. The molecule has 2 aromatic heterocycles. The molecule has 258 valence electrons. The smallest absolute Gasteiger partial charge is 0.0704 e. The summed E-state index contributed by atoms with van der Waals surface area (Å²) in [6.07, 6.45) is 6.12. The summed E-state index contributed by atoms with van der Waals surface area (Å²) in [6, 6.07) is 46.0. The molecule has 5 aromatic carbocycles. The van der Waals surface area contributed by atoms with Crippen LogP contribution in [0.1, 0.15) is 61.4 Å². The Morgan fingerprint density at radius 2 is 0.865 bits per heavy atom. The van der Waals surface area contributed by atoms with Crippen molar-refractivity contribution in [3.63, 3.8) is 0 Å². The topological polar surface area (TPSA) is 25.8 Å². The fourth-order valence-electron chi connectivity index (χ4n) is 7.98. The van der Waals surface area contributed by atoms with E-state index in [0.717, 1.165) is 35.4 Å². The molecule has 2 heteroatoms. The zero-order valence-corrected chi connectivity index (χ0v) is 31.6. The summed E-state index contributed by atoms with van der Waals surface area (Å²) >= 11 is 0. The van der Waals surface area contributed by atoms with Crippen molar-refractivity contribution in [2.75, 3.05) is 0 Å². The fourth-order valence-corrected chi connectivity index (χ4v) is 7.98. The Bertz CT molecular complexity index is 2320. The second kappa shape index (κ2) is 14.6. The maximum absolute atomic E-state index is 4.77.